The molecule has 0 fully saturated rings. The van der Waals surface area contributed by atoms with Crippen LogP contribution in [0, 0.1) is 6.92 Å². The molecule has 162 valence electrons. The molecule has 0 saturated carbocycles. The van der Waals surface area contributed by atoms with Gasteiger partial charge in [0, 0.05) is 17.7 Å². The molecule has 0 saturated heterocycles. The molecule has 31 heavy (non-hydrogen) atoms. The summed E-state index contributed by atoms with van der Waals surface area (Å²) in [6, 6.07) is 5.46. The molecule has 0 radical (unpaired) electrons. The zero-order chi connectivity index (χ0) is 22.0. The molecule has 2 heterocycles. The van der Waals surface area contributed by atoms with Gasteiger partial charge in [-0.25, -0.2) is 4.98 Å². The second kappa shape index (κ2) is 8.89. The number of nitrogens with one attached hydrogen (secondary N) is 3. The van der Waals surface area contributed by atoms with Gasteiger partial charge in [0.15, 0.2) is 0 Å². The van der Waals surface area contributed by atoms with Gasteiger partial charge in [0.2, 0.25) is 11.8 Å². The van der Waals surface area contributed by atoms with Crippen LogP contribution < -0.4 is 20.9 Å². The minimum atomic E-state index is -0.349. The SMILES string of the molecule is COc1ccc(C)cc1NC(=O)CNC(=O)CCc1nc2sc3c(c2c(=O)[nH]1)CCC3. The number of hydrogen-bond acceptors (Lipinski definition) is 6. The maximum Gasteiger partial charge on any atom is 0.259 e. The van der Waals surface area contributed by atoms with E-state index in [-0.39, 0.29) is 30.3 Å². The minimum absolute atomic E-state index is 0.126. The normalized spacial score (nSPS) is 12.6. The Balaban J connectivity index is 1.31. The van der Waals surface area contributed by atoms with Crippen LogP contribution in [0.2, 0.25) is 0 Å². The molecule has 0 unspecified atom stereocenters. The highest BCUT2D eigenvalue weighted by molar-refractivity contribution is 7.18. The summed E-state index contributed by atoms with van der Waals surface area (Å²) in [6.45, 7) is 1.76. The predicted molar refractivity (Wildman–Crippen MR) is 120 cm³/mol. The first kappa shape index (κ1) is 21.0. The molecule has 3 aromatic rings. The van der Waals surface area contributed by atoms with Gasteiger partial charge in [0.05, 0.1) is 24.7 Å². The lowest BCUT2D eigenvalue weighted by molar-refractivity contribution is -0.124. The number of rotatable bonds is 7. The van der Waals surface area contributed by atoms with E-state index in [2.05, 4.69) is 20.6 Å². The molecule has 0 aliphatic heterocycles. The molecule has 1 aliphatic rings. The molecular formula is C22H24N4O4S. The van der Waals surface area contributed by atoms with Crippen LogP contribution >= 0.6 is 11.3 Å². The Morgan fingerprint density at radius 1 is 1.26 bits per heavy atom. The van der Waals surface area contributed by atoms with Gasteiger partial charge in [-0.1, -0.05) is 6.07 Å². The summed E-state index contributed by atoms with van der Waals surface area (Å²) in [5.74, 6) is 0.401. The lowest BCUT2D eigenvalue weighted by Gasteiger charge is -2.11. The fourth-order valence-corrected chi connectivity index (χ4v) is 5.06. The third-order valence-corrected chi connectivity index (χ3v) is 6.47. The summed E-state index contributed by atoms with van der Waals surface area (Å²) in [4.78, 5) is 46.2. The van der Waals surface area contributed by atoms with Crippen molar-refractivity contribution in [3.63, 3.8) is 0 Å². The molecule has 8 nitrogen and oxygen atoms in total. The van der Waals surface area contributed by atoms with E-state index in [1.54, 1.807) is 23.5 Å². The summed E-state index contributed by atoms with van der Waals surface area (Å²) in [6.07, 6.45) is 3.44. The van der Waals surface area contributed by atoms with Crippen LogP contribution in [0.1, 0.15) is 34.7 Å². The number of methoxy groups -OCH3 is 1. The van der Waals surface area contributed by atoms with E-state index in [1.807, 2.05) is 13.0 Å². The summed E-state index contributed by atoms with van der Waals surface area (Å²) in [5, 5.41) is 6.04. The highest BCUT2D eigenvalue weighted by atomic mass is 32.1. The van der Waals surface area contributed by atoms with Gasteiger partial charge in [-0.3, -0.25) is 14.4 Å². The number of fused-ring (bicyclic) bond motifs is 3. The number of aromatic nitrogens is 2. The second-order valence-corrected chi connectivity index (χ2v) is 8.66. The Morgan fingerprint density at radius 3 is 2.90 bits per heavy atom. The fourth-order valence-electron chi connectivity index (χ4n) is 3.78. The van der Waals surface area contributed by atoms with Crippen LogP contribution in [0.5, 0.6) is 5.75 Å². The maximum absolute atomic E-state index is 12.5. The van der Waals surface area contributed by atoms with Crippen molar-refractivity contribution >= 4 is 39.1 Å². The van der Waals surface area contributed by atoms with Crippen molar-refractivity contribution in [1.29, 1.82) is 0 Å². The predicted octanol–water partition coefficient (Wildman–Crippen LogP) is 2.48. The van der Waals surface area contributed by atoms with Crippen LogP contribution in [0.15, 0.2) is 23.0 Å². The molecule has 9 heteroatoms. The minimum Gasteiger partial charge on any atom is -0.495 e. The van der Waals surface area contributed by atoms with E-state index in [0.717, 1.165) is 35.2 Å². The average Bonchev–Trinajstić information content (AvgIpc) is 3.32. The van der Waals surface area contributed by atoms with E-state index >= 15 is 0 Å². The third kappa shape index (κ3) is 4.61. The van der Waals surface area contributed by atoms with E-state index < -0.39 is 0 Å². The molecule has 0 bridgehead atoms. The summed E-state index contributed by atoms with van der Waals surface area (Å²) in [5.41, 5.74) is 2.54. The molecule has 1 aromatic carbocycles. The standard InChI is InChI=1S/C22H24N4O4S/c1-12-6-7-15(30-2)14(10-12)24-19(28)11-23-18(27)9-8-17-25-21(29)20-13-4-3-5-16(13)31-22(20)26-17/h6-7,10H,3-5,8-9,11H2,1-2H3,(H,23,27)(H,24,28)(H,25,26,29). The summed E-state index contributed by atoms with van der Waals surface area (Å²) < 4.78 is 5.24. The number of carbonyl (C=O) groups excluding carboxylic acids is 2. The number of thiophene rings is 1. The quantitative estimate of drug-likeness (QED) is 0.522. The first-order chi connectivity index (χ1) is 14.9. The third-order valence-electron chi connectivity index (χ3n) is 5.29. The van der Waals surface area contributed by atoms with Gasteiger partial charge in [0.25, 0.3) is 5.56 Å². The second-order valence-electron chi connectivity index (χ2n) is 7.58. The Bertz CT molecular complexity index is 1210. The van der Waals surface area contributed by atoms with Crippen LogP contribution in [-0.4, -0.2) is 35.4 Å². The largest absolute Gasteiger partial charge is 0.495 e. The van der Waals surface area contributed by atoms with Crippen LogP contribution in [0.3, 0.4) is 0 Å². The van der Waals surface area contributed by atoms with Gasteiger partial charge in [0.1, 0.15) is 16.4 Å². The Hall–Kier alpha value is -3.20. The Kier molecular flexibility index (Phi) is 6.03. The summed E-state index contributed by atoms with van der Waals surface area (Å²) >= 11 is 1.57. The Morgan fingerprint density at radius 2 is 2.10 bits per heavy atom. The van der Waals surface area contributed by atoms with Gasteiger partial charge in [-0.2, -0.15) is 0 Å². The van der Waals surface area contributed by atoms with Crippen molar-refractivity contribution in [2.24, 2.45) is 0 Å². The topological polar surface area (TPSA) is 113 Å². The van der Waals surface area contributed by atoms with Crippen molar-refractivity contribution < 1.29 is 14.3 Å². The van der Waals surface area contributed by atoms with Crippen molar-refractivity contribution in [2.75, 3.05) is 19.0 Å². The number of carbonyl (C=O) groups is 2. The van der Waals surface area contributed by atoms with Crippen LogP contribution in [0.4, 0.5) is 5.69 Å². The van der Waals surface area contributed by atoms with Crippen molar-refractivity contribution in [3.05, 3.63) is 50.4 Å². The Labute approximate surface area is 183 Å². The molecule has 0 atom stereocenters. The van der Waals surface area contributed by atoms with Gasteiger partial charge in [-0.15, -0.1) is 11.3 Å². The number of H-pyrrole nitrogens is 1. The fraction of sp³-hybridized carbons (Fsp3) is 0.364. The van der Waals surface area contributed by atoms with Gasteiger partial charge >= 0.3 is 0 Å². The number of amides is 2. The molecule has 1 aliphatic carbocycles. The number of ether oxygens (including phenoxy) is 1. The summed E-state index contributed by atoms with van der Waals surface area (Å²) in [7, 11) is 1.53. The van der Waals surface area contributed by atoms with Crippen molar-refractivity contribution in [2.45, 2.75) is 39.0 Å². The molecule has 2 amide bonds. The van der Waals surface area contributed by atoms with E-state index in [0.29, 0.717) is 29.1 Å². The van der Waals surface area contributed by atoms with E-state index in [1.165, 1.54) is 12.0 Å². The highest BCUT2D eigenvalue weighted by Crippen LogP contribution is 2.34. The van der Waals surface area contributed by atoms with Crippen molar-refractivity contribution in [3.8, 4) is 5.75 Å². The lowest BCUT2D eigenvalue weighted by Crippen LogP contribution is -2.33. The first-order valence-corrected chi connectivity index (χ1v) is 11.0. The first-order valence-electron chi connectivity index (χ1n) is 10.2. The molecular weight excluding hydrogens is 416 g/mol. The number of hydrogen-bond donors (Lipinski definition) is 3. The zero-order valence-electron chi connectivity index (χ0n) is 17.5. The van der Waals surface area contributed by atoms with Crippen LogP contribution in [-0.2, 0) is 28.9 Å². The molecule has 4 rings (SSSR count). The number of benzene rings is 1. The molecule has 3 N–H and O–H groups in total. The van der Waals surface area contributed by atoms with Gasteiger partial charge < -0.3 is 20.4 Å². The average molecular weight is 441 g/mol. The van der Waals surface area contributed by atoms with Crippen molar-refractivity contribution in [1.82, 2.24) is 15.3 Å². The monoisotopic (exact) mass is 440 g/mol. The maximum atomic E-state index is 12.5. The number of aryl methyl sites for hydroxylation is 4. The van der Waals surface area contributed by atoms with E-state index in [9.17, 15) is 14.4 Å². The highest BCUT2D eigenvalue weighted by Gasteiger charge is 2.21. The lowest BCUT2D eigenvalue weighted by atomic mass is 10.2. The number of aromatic amines is 1. The zero-order valence-corrected chi connectivity index (χ0v) is 18.3. The number of nitrogens with zero attached hydrogens (tertiary/aromatic N) is 1. The number of anilines is 1. The molecule has 0 spiro atoms. The van der Waals surface area contributed by atoms with Crippen LogP contribution in [0.25, 0.3) is 10.2 Å². The van der Waals surface area contributed by atoms with E-state index in [4.69, 9.17) is 4.74 Å². The smallest absolute Gasteiger partial charge is 0.259 e. The molecule has 2 aromatic heterocycles. The van der Waals surface area contributed by atoms with Gasteiger partial charge in [-0.05, 0) is 49.4 Å².